The highest BCUT2D eigenvalue weighted by Crippen LogP contribution is 2.25. The summed E-state index contributed by atoms with van der Waals surface area (Å²) < 4.78 is 5.35. The van der Waals surface area contributed by atoms with Gasteiger partial charge in [0.15, 0.2) is 0 Å². The Balaban J connectivity index is 3.09. The largest absolute Gasteiger partial charge is 0.495 e. The summed E-state index contributed by atoms with van der Waals surface area (Å²) >= 11 is 5.56. The normalized spacial score (nSPS) is 9.33. The predicted octanol–water partition coefficient (Wildman–Crippen LogP) is 3.29. The van der Waals surface area contributed by atoms with Crippen molar-refractivity contribution in [1.29, 1.82) is 0 Å². The SMILES string of the molecule is COc1c(C#CCCCl)ccc(C)c1C. The van der Waals surface area contributed by atoms with E-state index in [1.807, 2.05) is 13.0 Å². The Labute approximate surface area is 96.4 Å². The molecule has 80 valence electrons. The molecule has 0 bridgehead atoms. The summed E-state index contributed by atoms with van der Waals surface area (Å²) in [5.74, 6) is 7.53. The van der Waals surface area contributed by atoms with Crippen molar-refractivity contribution >= 4 is 11.6 Å². The Bertz CT molecular complexity index is 399. The second-order valence-electron chi connectivity index (χ2n) is 3.33. The molecule has 0 aromatic heterocycles. The smallest absolute Gasteiger partial charge is 0.137 e. The first-order chi connectivity index (χ1) is 7.20. The summed E-state index contributed by atoms with van der Waals surface area (Å²) in [6, 6.07) is 4.05. The molecule has 0 radical (unpaired) electrons. The van der Waals surface area contributed by atoms with E-state index in [2.05, 4.69) is 24.8 Å². The van der Waals surface area contributed by atoms with Crippen molar-refractivity contribution in [3.05, 3.63) is 28.8 Å². The number of aryl methyl sites for hydroxylation is 1. The van der Waals surface area contributed by atoms with E-state index in [0.717, 1.165) is 16.9 Å². The van der Waals surface area contributed by atoms with Crippen LogP contribution in [0.5, 0.6) is 5.75 Å². The highest BCUT2D eigenvalue weighted by atomic mass is 35.5. The minimum Gasteiger partial charge on any atom is -0.495 e. The number of rotatable bonds is 2. The molecule has 1 nitrogen and oxygen atoms in total. The molecular formula is C13H15ClO. The van der Waals surface area contributed by atoms with Crippen molar-refractivity contribution in [2.24, 2.45) is 0 Å². The van der Waals surface area contributed by atoms with E-state index >= 15 is 0 Å². The number of halogens is 1. The summed E-state index contributed by atoms with van der Waals surface area (Å²) in [4.78, 5) is 0. The first-order valence-electron chi connectivity index (χ1n) is 4.89. The molecular weight excluding hydrogens is 208 g/mol. The van der Waals surface area contributed by atoms with E-state index in [4.69, 9.17) is 16.3 Å². The van der Waals surface area contributed by atoms with Crippen LogP contribution in [-0.4, -0.2) is 13.0 Å². The van der Waals surface area contributed by atoms with Crippen LogP contribution in [0.1, 0.15) is 23.1 Å². The van der Waals surface area contributed by atoms with Crippen molar-refractivity contribution < 1.29 is 4.74 Å². The van der Waals surface area contributed by atoms with Crippen LogP contribution in [0.2, 0.25) is 0 Å². The predicted molar refractivity (Wildman–Crippen MR) is 64.7 cm³/mol. The maximum atomic E-state index is 5.56. The van der Waals surface area contributed by atoms with Crippen LogP contribution in [0, 0.1) is 25.7 Å². The fourth-order valence-corrected chi connectivity index (χ4v) is 1.45. The van der Waals surface area contributed by atoms with Gasteiger partial charge in [0.1, 0.15) is 5.75 Å². The standard InChI is InChI=1S/C13H15ClO/c1-10-7-8-12(6-4-5-9-14)13(15-3)11(10)2/h7-8H,5,9H2,1-3H3. The fourth-order valence-electron chi connectivity index (χ4n) is 1.36. The van der Waals surface area contributed by atoms with E-state index in [0.29, 0.717) is 12.3 Å². The zero-order chi connectivity index (χ0) is 11.3. The lowest BCUT2D eigenvalue weighted by atomic mass is 10.0. The molecule has 1 rings (SSSR count). The lowest BCUT2D eigenvalue weighted by Crippen LogP contribution is -1.93. The van der Waals surface area contributed by atoms with Crippen molar-refractivity contribution in [3.63, 3.8) is 0 Å². The molecule has 0 saturated carbocycles. The molecule has 0 aliphatic heterocycles. The van der Waals surface area contributed by atoms with Gasteiger partial charge in [-0.2, -0.15) is 0 Å². The molecule has 15 heavy (non-hydrogen) atoms. The van der Waals surface area contributed by atoms with E-state index in [1.165, 1.54) is 5.56 Å². The van der Waals surface area contributed by atoms with Gasteiger partial charge in [0, 0.05) is 12.3 Å². The van der Waals surface area contributed by atoms with Gasteiger partial charge in [0.05, 0.1) is 12.7 Å². The molecule has 0 heterocycles. The summed E-state index contributed by atoms with van der Waals surface area (Å²) in [7, 11) is 1.68. The first-order valence-corrected chi connectivity index (χ1v) is 5.43. The average molecular weight is 223 g/mol. The number of benzene rings is 1. The molecule has 0 N–H and O–H groups in total. The highest BCUT2D eigenvalue weighted by molar-refractivity contribution is 6.18. The molecule has 0 saturated heterocycles. The van der Waals surface area contributed by atoms with Crippen molar-refractivity contribution in [1.82, 2.24) is 0 Å². The summed E-state index contributed by atoms with van der Waals surface area (Å²) in [6.07, 6.45) is 0.706. The Hall–Kier alpha value is -1.13. The molecule has 1 aromatic carbocycles. The Kier molecular flexibility index (Phi) is 4.52. The third-order valence-electron chi connectivity index (χ3n) is 2.32. The highest BCUT2D eigenvalue weighted by Gasteiger charge is 2.05. The maximum Gasteiger partial charge on any atom is 0.137 e. The molecule has 0 aliphatic rings. The van der Waals surface area contributed by atoms with Crippen LogP contribution in [-0.2, 0) is 0 Å². The molecule has 0 aliphatic carbocycles. The van der Waals surface area contributed by atoms with E-state index in [1.54, 1.807) is 7.11 Å². The Morgan fingerprint density at radius 3 is 2.67 bits per heavy atom. The quantitative estimate of drug-likeness (QED) is 0.551. The van der Waals surface area contributed by atoms with Crippen LogP contribution in [0.15, 0.2) is 12.1 Å². The third-order valence-corrected chi connectivity index (χ3v) is 2.51. The first kappa shape index (κ1) is 11.9. The fraction of sp³-hybridized carbons (Fsp3) is 0.385. The second kappa shape index (κ2) is 5.68. The van der Waals surface area contributed by atoms with E-state index in [9.17, 15) is 0 Å². The van der Waals surface area contributed by atoms with Gasteiger partial charge in [0.2, 0.25) is 0 Å². The minimum atomic E-state index is 0.570. The zero-order valence-electron chi connectivity index (χ0n) is 9.36. The van der Waals surface area contributed by atoms with Gasteiger partial charge in [-0.1, -0.05) is 17.9 Å². The summed E-state index contributed by atoms with van der Waals surface area (Å²) in [5.41, 5.74) is 3.30. The maximum absolute atomic E-state index is 5.56. The van der Waals surface area contributed by atoms with Crippen LogP contribution in [0.4, 0.5) is 0 Å². The molecule has 2 heteroatoms. The Morgan fingerprint density at radius 1 is 1.33 bits per heavy atom. The monoisotopic (exact) mass is 222 g/mol. The van der Waals surface area contributed by atoms with Crippen LogP contribution in [0.25, 0.3) is 0 Å². The molecule has 0 fully saturated rings. The van der Waals surface area contributed by atoms with E-state index in [-0.39, 0.29) is 0 Å². The number of methoxy groups -OCH3 is 1. The van der Waals surface area contributed by atoms with Crippen molar-refractivity contribution in [3.8, 4) is 17.6 Å². The minimum absolute atomic E-state index is 0.570. The second-order valence-corrected chi connectivity index (χ2v) is 3.71. The van der Waals surface area contributed by atoms with Crippen molar-refractivity contribution in [2.75, 3.05) is 13.0 Å². The summed E-state index contributed by atoms with van der Waals surface area (Å²) in [5, 5.41) is 0. The molecule has 0 atom stereocenters. The lowest BCUT2D eigenvalue weighted by Gasteiger charge is -2.09. The van der Waals surface area contributed by atoms with Gasteiger partial charge in [-0.25, -0.2) is 0 Å². The van der Waals surface area contributed by atoms with Gasteiger partial charge in [-0.3, -0.25) is 0 Å². The topological polar surface area (TPSA) is 9.23 Å². The van der Waals surface area contributed by atoms with Gasteiger partial charge in [-0.15, -0.1) is 11.6 Å². The van der Waals surface area contributed by atoms with Gasteiger partial charge in [-0.05, 0) is 31.0 Å². The number of hydrogen-bond donors (Lipinski definition) is 0. The molecule has 0 unspecified atom stereocenters. The number of alkyl halides is 1. The van der Waals surface area contributed by atoms with Gasteiger partial charge < -0.3 is 4.74 Å². The van der Waals surface area contributed by atoms with Gasteiger partial charge >= 0.3 is 0 Å². The Morgan fingerprint density at radius 2 is 2.07 bits per heavy atom. The number of ether oxygens (including phenoxy) is 1. The third kappa shape index (κ3) is 2.91. The van der Waals surface area contributed by atoms with E-state index < -0.39 is 0 Å². The zero-order valence-corrected chi connectivity index (χ0v) is 10.1. The summed E-state index contributed by atoms with van der Waals surface area (Å²) in [6.45, 7) is 4.11. The lowest BCUT2D eigenvalue weighted by molar-refractivity contribution is 0.410. The van der Waals surface area contributed by atoms with Crippen LogP contribution >= 0.6 is 11.6 Å². The van der Waals surface area contributed by atoms with Crippen LogP contribution < -0.4 is 4.74 Å². The van der Waals surface area contributed by atoms with Gasteiger partial charge in [0.25, 0.3) is 0 Å². The number of hydrogen-bond acceptors (Lipinski definition) is 1. The van der Waals surface area contributed by atoms with Crippen LogP contribution in [0.3, 0.4) is 0 Å². The average Bonchev–Trinajstić information content (AvgIpc) is 2.24. The van der Waals surface area contributed by atoms with Crippen molar-refractivity contribution in [2.45, 2.75) is 20.3 Å². The molecule has 0 amide bonds. The molecule has 1 aromatic rings. The molecule has 0 spiro atoms.